The Hall–Kier alpha value is -1.14. The predicted molar refractivity (Wildman–Crippen MR) is 61.4 cm³/mol. The first kappa shape index (κ1) is 11.3. The number of nitrogens with two attached hydrogens (primary N) is 1. The van der Waals surface area contributed by atoms with Gasteiger partial charge in [0, 0.05) is 32.6 Å². The Labute approximate surface area is 95.4 Å². The van der Waals surface area contributed by atoms with E-state index in [1.165, 1.54) is 0 Å². The largest absolute Gasteiger partial charge is 0.408 e. The second-order valence-electron chi connectivity index (χ2n) is 4.16. The van der Waals surface area contributed by atoms with E-state index in [-0.39, 0.29) is 0 Å². The molecule has 1 aromatic rings. The lowest BCUT2D eigenvalue weighted by atomic mass is 10.4. The maximum atomic E-state index is 5.56. The predicted octanol–water partition coefficient (Wildman–Crippen LogP) is -0.287. The van der Waals surface area contributed by atoms with E-state index >= 15 is 0 Å². The van der Waals surface area contributed by atoms with Gasteiger partial charge >= 0.3 is 6.01 Å². The molecular weight excluding hydrogens is 206 g/mol. The molecule has 16 heavy (non-hydrogen) atoms. The molecule has 1 aromatic heterocycles. The van der Waals surface area contributed by atoms with Crippen molar-refractivity contribution in [3.05, 3.63) is 5.89 Å². The highest BCUT2D eigenvalue weighted by atomic mass is 16.4. The van der Waals surface area contributed by atoms with Crippen LogP contribution in [0.3, 0.4) is 0 Å². The summed E-state index contributed by atoms with van der Waals surface area (Å²) in [5, 5.41) is 8.04. The van der Waals surface area contributed by atoms with Crippen LogP contribution < -0.4 is 10.6 Å². The summed E-state index contributed by atoms with van der Waals surface area (Å²) in [4.78, 5) is 4.47. The van der Waals surface area contributed by atoms with E-state index in [2.05, 4.69) is 27.0 Å². The molecular formula is C10H19N5O. The summed E-state index contributed by atoms with van der Waals surface area (Å²) in [7, 11) is 2.14. The highest BCUT2D eigenvalue weighted by molar-refractivity contribution is 5.24. The van der Waals surface area contributed by atoms with E-state index < -0.39 is 0 Å². The van der Waals surface area contributed by atoms with E-state index in [9.17, 15) is 0 Å². The number of likely N-dealkylation sites (N-methyl/N-ethyl adjacent to an activating group) is 1. The zero-order valence-corrected chi connectivity index (χ0v) is 9.72. The Morgan fingerprint density at radius 3 is 2.94 bits per heavy atom. The maximum absolute atomic E-state index is 5.56. The molecule has 1 saturated heterocycles. The van der Waals surface area contributed by atoms with Gasteiger partial charge in [0.05, 0.1) is 0 Å². The Morgan fingerprint density at radius 1 is 1.25 bits per heavy atom. The first-order valence-electron chi connectivity index (χ1n) is 5.75. The van der Waals surface area contributed by atoms with Crippen LogP contribution in [0.2, 0.25) is 0 Å². The average Bonchev–Trinajstić information content (AvgIpc) is 2.62. The summed E-state index contributed by atoms with van der Waals surface area (Å²) in [5.74, 6) is 0.634. The van der Waals surface area contributed by atoms with Gasteiger partial charge in [-0.05, 0) is 20.0 Å². The number of rotatable bonds is 3. The molecule has 1 aliphatic heterocycles. The lowest BCUT2D eigenvalue weighted by Gasteiger charge is -2.17. The highest BCUT2D eigenvalue weighted by Crippen LogP contribution is 2.14. The third-order valence-electron chi connectivity index (χ3n) is 2.80. The van der Waals surface area contributed by atoms with Gasteiger partial charge in [-0.1, -0.05) is 5.10 Å². The molecule has 1 aliphatic rings. The molecule has 0 aromatic carbocycles. The van der Waals surface area contributed by atoms with Crippen LogP contribution in [0, 0.1) is 0 Å². The maximum Gasteiger partial charge on any atom is 0.318 e. The highest BCUT2D eigenvalue weighted by Gasteiger charge is 2.17. The SMILES string of the molecule is CN1CCCN(c2nnc(CCN)o2)CC1. The van der Waals surface area contributed by atoms with Crippen molar-refractivity contribution in [2.24, 2.45) is 5.73 Å². The summed E-state index contributed by atoms with van der Waals surface area (Å²) < 4.78 is 5.56. The molecule has 0 radical (unpaired) electrons. The molecule has 0 aliphatic carbocycles. The van der Waals surface area contributed by atoms with Crippen molar-refractivity contribution >= 4 is 6.01 Å². The minimum absolute atomic E-state index is 0.546. The van der Waals surface area contributed by atoms with Crippen LogP contribution in [0.1, 0.15) is 12.3 Å². The van der Waals surface area contributed by atoms with Crippen LogP contribution in [0.4, 0.5) is 6.01 Å². The fourth-order valence-corrected chi connectivity index (χ4v) is 1.83. The first-order chi connectivity index (χ1) is 7.79. The monoisotopic (exact) mass is 225 g/mol. The van der Waals surface area contributed by atoms with Gasteiger partial charge in [0.15, 0.2) is 0 Å². The molecule has 2 heterocycles. The average molecular weight is 225 g/mol. The van der Waals surface area contributed by atoms with E-state index in [1.807, 2.05) is 0 Å². The normalized spacial score (nSPS) is 18.8. The second kappa shape index (κ2) is 5.27. The third kappa shape index (κ3) is 2.70. The van der Waals surface area contributed by atoms with Crippen molar-refractivity contribution < 1.29 is 4.42 Å². The van der Waals surface area contributed by atoms with Gasteiger partial charge in [0.25, 0.3) is 0 Å². The third-order valence-corrected chi connectivity index (χ3v) is 2.80. The lowest BCUT2D eigenvalue weighted by molar-refractivity contribution is 0.359. The molecule has 0 amide bonds. The van der Waals surface area contributed by atoms with Crippen molar-refractivity contribution in [1.29, 1.82) is 0 Å². The van der Waals surface area contributed by atoms with Crippen molar-refractivity contribution in [2.45, 2.75) is 12.8 Å². The quantitative estimate of drug-likeness (QED) is 0.762. The van der Waals surface area contributed by atoms with Crippen LogP contribution >= 0.6 is 0 Å². The van der Waals surface area contributed by atoms with Crippen molar-refractivity contribution in [3.63, 3.8) is 0 Å². The molecule has 0 bridgehead atoms. The zero-order valence-electron chi connectivity index (χ0n) is 9.72. The lowest BCUT2D eigenvalue weighted by Crippen LogP contribution is -2.28. The standard InChI is InChI=1S/C10H19N5O/c1-14-5-2-6-15(8-7-14)10-13-12-9(16-10)3-4-11/h2-8,11H2,1H3. The Morgan fingerprint density at radius 2 is 2.12 bits per heavy atom. The van der Waals surface area contributed by atoms with Crippen molar-refractivity contribution in [2.75, 3.05) is 44.7 Å². The fourth-order valence-electron chi connectivity index (χ4n) is 1.83. The van der Waals surface area contributed by atoms with Gasteiger partial charge in [-0.25, -0.2) is 0 Å². The summed E-state index contributed by atoms with van der Waals surface area (Å²) >= 11 is 0. The van der Waals surface area contributed by atoms with Crippen LogP contribution in [0.15, 0.2) is 4.42 Å². The Bertz CT molecular complexity index is 327. The fraction of sp³-hybridized carbons (Fsp3) is 0.800. The molecule has 0 spiro atoms. The van der Waals surface area contributed by atoms with E-state index in [0.717, 1.165) is 32.6 Å². The Balaban J connectivity index is 1.99. The summed E-state index contributed by atoms with van der Waals surface area (Å²) in [6, 6.07) is 0.638. The van der Waals surface area contributed by atoms with Gasteiger partial charge in [0.2, 0.25) is 5.89 Å². The molecule has 6 nitrogen and oxygen atoms in total. The molecule has 2 rings (SSSR count). The van der Waals surface area contributed by atoms with E-state index in [0.29, 0.717) is 24.9 Å². The molecule has 90 valence electrons. The molecule has 0 unspecified atom stereocenters. The molecule has 0 atom stereocenters. The van der Waals surface area contributed by atoms with Gasteiger partial charge in [0.1, 0.15) is 0 Å². The van der Waals surface area contributed by atoms with Crippen molar-refractivity contribution in [1.82, 2.24) is 15.1 Å². The number of aromatic nitrogens is 2. The summed E-state index contributed by atoms with van der Waals surface area (Å²) in [5.41, 5.74) is 5.44. The number of nitrogens with zero attached hydrogens (tertiary/aromatic N) is 4. The second-order valence-corrected chi connectivity index (χ2v) is 4.16. The van der Waals surface area contributed by atoms with Gasteiger partial charge in [-0.2, -0.15) is 0 Å². The number of hydrogen-bond donors (Lipinski definition) is 1. The van der Waals surface area contributed by atoms with Gasteiger partial charge < -0.3 is 20.0 Å². The van der Waals surface area contributed by atoms with Crippen LogP contribution in [0.25, 0.3) is 0 Å². The van der Waals surface area contributed by atoms with Crippen molar-refractivity contribution in [3.8, 4) is 0 Å². The first-order valence-corrected chi connectivity index (χ1v) is 5.75. The molecule has 6 heteroatoms. The van der Waals surface area contributed by atoms with Crippen LogP contribution in [-0.4, -0.2) is 54.9 Å². The smallest absolute Gasteiger partial charge is 0.318 e. The summed E-state index contributed by atoms with van der Waals surface area (Å²) in [6.07, 6.45) is 1.78. The Kier molecular flexibility index (Phi) is 3.74. The minimum atomic E-state index is 0.546. The zero-order chi connectivity index (χ0) is 11.4. The van der Waals surface area contributed by atoms with Crippen LogP contribution in [0.5, 0.6) is 0 Å². The topological polar surface area (TPSA) is 71.4 Å². The minimum Gasteiger partial charge on any atom is -0.408 e. The van der Waals surface area contributed by atoms with Gasteiger partial charge in [-0.3, -0.25) is 0 Å². The molecule has 0 saturated carbocycles. The number of hydrogen-bond acceptors (Lipinski definition) is 6. The van der Waals surface area contributed by atoms with E-state index in [4.69, 9.17) is 10.2 Å². The van der Waals surface area contributed by atoms with Gasteiger partial charge in [-0.15, -0.1) is 5.10 Å². The van der Waals surface area contributed by atoms with Crippen LogP contribution in [-0.2, 0) is 6.42 Å². The summed E-state index contributed by atoms with van der Waals surface area (Å²) in [6.45, 7) is 4.63. The number of anilines is 1. The molecule has 2 N–H and O–H groups in total. The molecule has 1 fully saturated rings. The van der Waals surface area contributed by atoms with E-state index in [1.54, 1.807) is 0 Å².